The second kappa shape index (κ2) is 66.6. The van der Waals surface area contributed by atoms with Gasteiger partial charge < -0.3 is 33.8 Å². The smallest absolute Gasteiger partial charge is 0.462 e. The summed E-state index contributed by atoms with van der Waals surface area (Å²) in [6.07, 6.45) is 52.9. The first-order valence-corrected chi connectivity index (χ1v) is 42.4. The second-order valence-electron chi connectivity index (χ2n) is 28.6. The van der Waals surface area contributed by atoms with Crippen LogP contribution in [0.2, 0.25) is 0 Å². The normalized spacial score (nSPS) is 14.4. The molecule has 0 saturated heterocycles. The minimum absolute atomic E-state index is 0.102. The van der Waals surface area contributed by atoms with Crippen LogP contribution in [0.15, 0.2) is 0 Å². The lowest BCUT2D eigenvalue weighted by molar-refractivity contribution is -0.161. The Kier molecular flexibility index (Phi) is 65.2. The molecule has 95 heavy (non-hydrogen) atoms. The van der Waals surface area contributed by atoms with Gasteiger partial charge in [0.25, 0.3) is 0 Å². The minimum Gasteiger partial charge on any atom is -0.462 e. The average Bonchev–Trinajstić information content (AvgIpc) is 2.32. The first-order chi connectivity index (χ1) is 45.8. The Morgan fingerprint density at radius 1 is 0.305 bits per heavy atom. The van der Waals surface area contributed by atoms with Crippen molar-refractivity contribution in [2.75, 3.05) is 39.6 Å². The Hall–Kier alpha value is -1.94. The molecule has 0 bridgehead atoms. The number of unbranched alkanes of at least 4 members (excludes halogenated alkanes) is 41. The number of phosphoric acid groups is 2. The summed E-state index contributed by atoms with van der Waals surface area (Å²) in [5.41, 5.74) is 0. The van der Waals surface area contributed by atoms with Crippen LogP contribution in [0.5, 0.6) is 0 Å². The van der Waals surface area contributed by atoms with Gasteiger partial charge >= 0.3 is 39.5 Å². The van der Waals surface area contributed by atoms with Gasteiger partial charge in [-0.1, -0.05) is 337 Å². The van der Waals surface area contributed by atoms with Gasteiger partial charge in [0.15, 0.2) is 12.2 Å². The molecule has 0 saturated carbocycles. The van der Waals surface area contributed by atoms with Crippen LogP contribution in [0.1, 0.15) is 389 Å². The summed E-state index contributed by atoms with van der Waals surface area (Å²) in [4.78, 5) is 72.7. The maximum absolute atomic E-state index is 13.1. The quantitative estimate of drug-likeness (QED) is 0.0222. The van der Waals surface area contributed by atoms with E-state index in [0.29, 0.717) is 31.6 Å². The number of hydrogen-bond donors (Lipinski definition) is 3. The average molecular weight is 1400 g/mol. The zero-order valence-electron chi connectivity index (χ0n) is 62.1. The first-order valence-electron chi connectivity index (χ1n) is 39.4. The van der Waals surface area contributed by atoms with Gasteiger partial charge in [0.2, 0.25) is 0 Å². The summed E-state index contributed by atoms with van der Waals surface area (Å²) in [6.45, 7) is 11.9. The molecule has 0 amide bonds. The first kappa shape index (κ1) is 93.1. The highest BCUT2D eigenvalue weighted by atomic mass is 31.2. The van der Waals surface area contributed by atoms with E-state index in [4.69, 9.17) is 37.0 Å². The molecule has 564 valence electrons. The summed E-state index contributed by atoms with van der Waals surface area (Å²) in [6, 6.07) is 0. The van der Waals surface area contributed by atoms with Gasteiger partial charge in [-0.2, -0.15) is 0 Å². The van der Waals surface area contributed by atoms with E-state index in [2.05, 4.69) is 48.5 Å². The van der Waals surface area contributed by atoms with Crippen molar-refractivity contribution in [2.45, 2.75) is 407 Å². The Morgan fingerprint density at radius 3 is 0.800 bits per heavy atom. The van der Waals surface area contributed by atoms with Crippen LogP contribution in [0.4, 0.5) is 0 Å². The lowest BCUT2D eigenvalue weighted by atomic mass is 9.99. The van der Waals surface area contributed by atoms with Crippen molar-refractivity contribution in [3.05, 3.63) is 0 Å². The third-order valence-electron chi connectivity index (χ3n) is 18.0. The number of ether oxygens (including phenoxy) is 4. The van der Waals surface area contributed by atoms with Crippen LogP contribution in [0, 0.1) is 17.8 Å². The number of esters is 4. The van der Waals surface area contributed by atoms with Crippen molar-refractivity contribution < 1.29 is 80.2 Å². The van der Waals surface area contributed by atoms with Crippen LogP contribution >= 0.6 is 15.6 Å². The Morgan fingerprint density at radius 2 is 0.537 bits per heavy atom. The highest BCUT2D eigenvalue weighted by Gasteiger charge is 2.30. The summed E-state index contributed by atoms with van der Waals surface area (Å²) in [7, 11) is -9.91. The van der Waals surface area contributed by atoms with Crippen molar-refractivity contribution in [1.29, 1.82) is 0 Å². The predicted octanol–water partition coefficient (Wildman–Crippen LogP) is 22.2. The fraction of sp³-hybridized carbons (Fsp3) is 0.947. The standard InChI is InChI=1S/C76H148O17P2/c1-8-10-11-12-13-28-35-43-50-57-73(78)86-64-72(93-76(81)60-53-46-39-38-41-48-55-68(5)6)66-91-95(84,85)89-62-70(77)61-88-94(82,83)90-65-71(63-87-74(79)58-51-44-36-31-26-22-19-18-21-25-30-34-42-49-56-69(7)9-2)92-75(80)59-52-45-37-32-27-23-17-15-14-16-20-24-29-33-40-47-54-67(3)4/h67-72,77H,8-66H2,1-7H3,(H,82,83)(H,84,85)/t69?,70-,71-,72-/m1/s1. The molecule has 3 unspecified atom stereocenters. The molecule has 0 rings (SSSR count). The number of aliphatic hydroxyl groups is 1. The van der Waals surface area contributed by atoms with Crippen LogP contribution < -0.4 is 0 Å². The van der Waals surface area contributed by atoms with E-state index in [1.165, 1.54) is 199 Å². The van der Waals surface area contributed by atoms with E-state index < -0.39 is 97.5 Å². The van der Waals surface area contributed by atoms with E-state index in [-0.39, 0.29) is 25.7 Å². The van der Waals surface area contributed by atoms with E-state index >= 15 is 0 Å². The molecule has 0 aliphatic rings. The summed E-state index contributed by atoms with van der Waals surface area (Å²) in [5, 5.41) is 10.6. The third kappa shape index (κ3) is 69.0. The van der Waals surface area contributed by atoms with Gasteiger partial charge in [-0.05, 0) is 43.4 Å². The molecule has 0 aromatic carbocycles. The summed E-state index contributed by atoms with van der Waals surface area (Å²) in [5.74, 6) is 0.205. The molecule has 6 atom stereocenters. The predicted molar refractivity (Wildman–Crippen MR) is 386 cm³/mol. The van der Waals surface area contributed by atoms with Gasteiger partial charge in [0.1, 0.15) is 19.3 Å². The number of hydrogen-bond acceptors (Lipinski definition) is 15. The molecule has 0 aromatic rings. The van der Waals surface area contributed by atoms with Gasteiger partial charge in [-0.3, -0.25) is 37.3 Å². The fourth-order valence-corrected chi connectivity index (χ4v) is 13.1. The highest BCUT2D eigenvalue weighted by Crippen LogP contribution is 2.45. The number of aliphatic hydroxyl groups excluding tert-OH is 1. The molecule has 0 radical (unpaired) electrons. The van der Waals surface area contributed by atoms with Gasteiger partial charge in [-0.15, -0.1) is 0 Å². The number of rotatable bonds is 74. The second-order valence-corrected chi connectivity index (χ2v) is 31.5. The zero-order valence-corrected chi connectivity index (χ0v) is 63.9. The lowest BCUT2D eigenvalue weighted by Gasteiger charge is -2.21. The zero-order chi connectivity index (χ0) is 70.1. The van der Waals surface area contributed by atoms with Gasteiger partial charge in [0.05, 0.1) is 26.4 Å². The van der Waals surface area contributed by atoms with Crippen molar-refractivity contribution in [2.24, 2.45) is 17.8 Å². The van der Waals surface area contributed by atoms with E-state index in [1.807, 2.05) is 0 Å². The molecule has 0 fully saturated rings. The largest absolute Gasteiger partial charge is 0.472 e. The van der Waals surface area contributed by atoms with Crippen LogP contribution in [0.25, 0.3) is 0 Å². The molecule has 3 N–H and O–H groups in total. The molecular weight excluding hydrogens is 1250 g/mol. The minimum atomic E-state index is -4.96. The van der Waals surface area contributed by atoms with Crippen molar-refractivity contribution in [1.82, 2.24) is 0 Å². The number of phosphoric ester groups is 2. The van der Waals surface area contributed by atoms with Crippen molar-refractivity contribution in [3.8, 4) is 0 Å². The van der Waals surface area contributed by atoms with Crippen LogP contribution in [0.3, 0.4) is 0 Å². The molecule has 0 spiro atoms. The monoisotopic (exact) mass is 1400 g/mol. The molecule has 0 aliphatic carbocycles. The summed E-state index contributed by atoms with van der Waals surface area (Å²) >= 11 is 0. The van der Waals surface area contributed by atoms with Crippen LogP contribution in [-0.4, -0.2) is 96.7 Å². The maximum atomic E-state index is 13.1. The number of carbonyl (C=O) groups excluding carboxylic acids is 4. The number of carbonyl (C=O) groups is 4. The van der Waals surface area contributed by atoms with Crippen molar-refractivity contribution >= 4 is 39.5 Å². The maximum Gasteiger partial charge on any atom is 0.472 e. The summed E-state index contributed by atoms with van der Waals surface area (Å²) < 4.78 is 68.4. The third-order valence-corrected chi connectivity index (χ3v) is 19.9. The fourth-order valence-electron chi connectivity index (χ4n) is 11.6. The Labute approximate surface area is 581 Å². The van der Waals surface area contributed by atoms with Crippen molar-refractivity contribution in [3.63, 3.8) is 0 Å². The van der Waals surface area contributed by atoms with E-state index in [9.17, 15) is 43.2 Å². The lowest BCUT2D eigenvalue weighted by Crippen LogP contribution is -2.30. The molecule has 19 heteroatoms. The molecule has 0 aliphatic heterocycles. The SMILES string of the molecule is CCCCCCCCCCCC(=O)OC[C@H](COP(=O)(O)OC[C@H](O)COP(=O)(O)OC[C@@H](COC(=O)CCCCCCCCCCCCCCCCC(C)CC)OC(=O)CCCCCCCCCCCCCCCCCCC(C)C)OC(=O)CCCCCCCCC(C)C. The molecule has 17 nitrogen and oxygen atoms in total. The van der Waals surface area contributed by atoms with Gasteiger partial charge in [0, 0.05) is 25.7 Å². The molecular formula is C76H148O17P2. The topological polar surface area (TPSA) is 237 Å². The van der Waals surface area contributed by atoms with Gasteiger partial charge in [-0.25, -0.2) is 9.13 Å². The molecule has 0 heterocycles. The molecule has 0 aromatic heterocycles. The Balaban J connectivity index is 5.19. The van der Waals surface area contributed by atoms with Crippen LogP contribution in [-0.2, 0) is 65.4 Å². The van der Waals surface area contributed by atoms with E-state index in [0.717, 1.165) is 102 Å². The van der Waals surface area contributed by atoms with E-state index in [1.54, 1.807) is 0 Å². The Bertz CT molecular complexity index is 1850. The highest BCUT2D eigenvalue weighted by molar-refractivity contribution is 7.47.